The molecule has 0 spiro atoms. The Kier molecular flexibility index (Phi) is 3.65. The Morgan fingerprint density at radius 3 is 2.74 bits per heavy atom. The van der Waals surface area contributed by atoms with Gasteiger partial charge < -0.3 is 5.32 Å². The predicted octanol–water partition coefficient (Wildman–Crippen LogP) is 3.82. The lowest BCUT2D eigenvalue weighted by atomic mass is 10.1. The summed E-state index contributed by atoms with van der Waals surface area (Å²) in [5.74, 6) is 1.03. The minimum absolute atomic E-state index is 0.0117. The summed E-state index contributed by atoms with van der Waals surface area (Å²) in [7, 11) is 0. The van der Waals surface area contributed by atoms with Gasteiger partial charge in [0.05, 0.1) is 11.7 Å². The Labute approximate surface area is 139 Å². The van der Waals surface area contributed by atoms with Gasteiger partial charge in [0.2, 0.25) is 0 Å². The topological polar surface area (TPSA) is 66.9 Å². The van der Waals surface area contributed by atoms with Crippen LogP contribution in [0.1, 0.15) is 48.0 Å². The zero-order valence-corrected chi connectivity index (χ0v) is 13.3. The van der Waals surface area contributed by atoms with Crippen LogP contribution in [0.3, 0.4) is 0 Å². The summed E-state index contributed by atoms with van der Waals surface area (Å²) in [6, 6.07) is 9.29. The minimum Gasteiger partial charge on any atom is -0.331 e. The van der Waals surface area contributed by atoms with E-state index in [4.69, 9.17) is 11.6 Å². The summed E-state index contributed by atoms with van der Waals surface area (Å²) in [6.07, 6.45) is 4.12. The SMILES string of the molecule is O=C(Nc1ccc(C2CC2)nn1)NC1CCc2c(Cl)cccc21. The van der Waals surface area contributed by atoms with Crippen molar-refractivity contribution in [3.63, 3.8) is 0 Å². The zero-order valence-electron chi connectivity index (χ0n) is 12.6. The van der Waals surface area contributed by atoms with Crippen LogP contribution in [0.2, 0.25) is 5.02 Å². The van der Waals surface area contributed by atoms with Gasteiger partial charge in [-0.2, -0.15) is 5.10 Å². The van der Waals surface area contributed by atoms with Crippen LogP contribution in [-0.4, -0.2) is 16.2 Å². The molecule has 2 aliphatic carbocycles. The lowest BCUT2D eigenvalue weighted by Crippen LogP contribution is -2.31. The number of nitrogens with one attached hydrogen (secondary N) is 2. The van der Waals surface area contributed by atoms with Crippen molar-refractivity contribution < 1.29 is 4.79 Å². The second-order valence-corrected chi connectivity index (χ2v) is 6.52. The van der Waals surface area contributed by atoms with Gasteiger partial charge in [-0.1, -0.05) is 23.7 Å². The Balaban J connectivity index is 1.40. The molecule has 0 aliphatic heterocycles. The molecule has 1 heterocycles. The molecular weight excluding hydrogens is 312 g/mol. The molecule has 2 N–H and O–H groups in total. The molecule has 1 unspecified atom stereocenters. The first-order valence-corrected chi connectivity index (χ1v) is 8.27. The van der Waals surface area contributed by atoms with Gasteiger partial charge in [-0.25, -0.2) is 4.79 Å². The van der Waals surface area contributed by atoms with Crippen LogP contribution in [-0.2, 0) is 6.42 Å². The molecule has 6 heteroatoms. The number of nitrogens with zero attached hydrogens (tertiary/aromatic N) is 2. The Bertz CT molecular complexity index is 743. The van der Waals surface area contributed by atoms with E-state index in [1.54, 1.807) is 6.07 Å². The fourth-order valence-corrected chi connectivity index (χ4v) is 3.35. The van der Waals surface area contributed by atoms with Gasteiger partial charge in [-0.05, 0) is 55.0 Å². The standard InChI is InChI=1S/C17H17ClN4O/c18-13-3-1-2-12-11(13)6-7-15(12)19-17(23)20-16-9-8-14(21-22-16)10-4-5-10/h1-3,8-10,15H,4-7H2,(H2,19,20,22,23). The van der Waals surface area contributed by atoms with Crippen molar-refractivity contribution in [2.75, 3.05) is 5.32 Å². The van der Waals surface area contributed by atoms with Crippen molar-refractivity contribution in [1.82, 2.24) is 15.5 Å². The summed E-state index contributed by atoms with van der Waals surface area (Å²) in [5.41, 5.74) is 3.24. The van der Waals surface area contributed by atoms with Crippen molar-refractivity contribution in [3.8, 4) is 0 Å². The maximum atomic E-state index is 12.2. The van der Waals surface area contributed by atoms with Crippen molar-refractivity contribution in [2.24, 2.45) is 0 Å². The predicted molar refractivity (Wildman–Crippen MR) is 88.7 cm³/mol. The number of hydrogen-bond acceptors (Lipinski definition) is 3. The number of urea groups is 1. The lowest BCUT2D eigenvalue weighted by Gasteiger charge is -2.14. The lowest BCUT2D eigenvalue weighted by molar-refractivity contribution is 0.248. The van der Waals surface area contributed by atoms with E-state index < -0.39 is 0 Å². The molecule has 0 radical (unpaired) electrons. The molecule has 2 aliphatic rings. The second kappa shape index (κ2) is 5.81. The number of carbonyl (C=O) groups excluding carboxylic acids is 1. The van der Waals surface area contributed by atoms with Gasteiger partial charge in [0.15, 0.2) is 5.82 Å². The molecule has 0 saturated heterocycles. The molecule has 118 valence electrons. The quantitative estimate of drug-likeness (QED) is 0.900. The number of anilines is 1. The zero-order chi connectivity index (χ0) is 15.8. The van der Waals surface area contributed by atoms with E-state index in [2.05, 4.69) is 20.8 Å². The fourth-order valence-electron chi connectivity index (χ4n) is 3.08. The van der Waals surface area contributed by atoms with Crippen LogP contribution in [0.5, 0.6) is 0 Å². The molecule has 1 aromatic carbocycles. The molecule has 2 aromatic rings. The van der Waals surface area contributed by atoms with E-state index in [1.807, 2.05) is 24.3 Å². The van der Waals surface area contributed by atoms with Crippen LogP contribution < -0.4 is 10.6 Å². The van der Waals surface area contributed by atoms with Gasteiger partial charge in [0, 0.05) is 10.9 Å². The number of amides is 2. The summed E-state index contributed by atoms with van der Waals surface area (Å²) in [5, 5.41) is 14.7. The van der Waals surface area contributed by atoms with E-state index in [1.165, 1.54) is 12.8 Å². The number of rotatable bonds is 3. The normalized spacial score (nSPS) is 19.3. The van der Waals surface area contributed by atoms with Gasteiger partial charge in [0.1, 0.15) is 0 Å². The first-order valence-electron chi connectivity index (χ1n) is 7.89. The number of halogens is 1. The number of aromatic nitrogens is 2. The molecule has 0 bridgehead atoms. The molecule has 1 saturated carbocycles. The van der Waals surface area contributed by atoms with E-state index >= 15 is 0 Å². The number of benzene rings is 1. The molecule has 5 nitrogen and oxygen atoms in total. The van der Waals surface area contributed by atoms with E-state index in [9.17, 15) is 4.79 Å². The van der Waals surface area contributed by atoms with E-state index in [0.717, 1.165) is 34.7 Å². The number of fused-ring (bicyclic) bond motifs is 1. The highest BCUT2D eigenvalue weighted by Gasteiger charge is 2.26. The molecule has 4 rings (SSSR count). The van der Waals surface area contributed by atoms with Crippen molar-refractivity contribution in [1.29, 1.82) is 0 Å². The molecule has 1 aromatic heterocycles. The average Bonchev–Trinajstić information content (AvgIpc) is 3.31. The first-order chi connectivity index (χ1) is 11.2. The third kappa shape index (κ3) is 3.01. The molecular formula is C17H17ClN4O. The largest absolute Gasteiger partial charge is 0.331 e. The Morgan fingerprint density at radius 1 is 1.13 bits per heavy atom. The van der Waals surface area contributed by atoms with Gasteiger partial charge in [-0.3, -0.25) is 5.32 Å². The van der Waals surface area contributed by atoms with Gasteiger partial charge in [0.25, 0.3) is 0 Å². The summed E-state index contributed by atoms with van der Waals surface area (Å²) in [4.78, 5) is 12.2. The van der Waals surface area contributed by atoms with Crippen molar-refractivity contribution in [2.45, 2.75) is 37.6 Å². The van der Waals surface area contributed by atoms with E-state index in [-0.39, 0.29) is 12.1 Å². The summed E-state index contributed by atoms with van der Waals surface area (Å²) >= 11 is 6.20. The van der Waals surface area contributed by atoms with Crippen LogP contribution in [0.15, 0.2) is 30.3 Å². The van der Waals surface area contributed by atoms with Crippen LogP contribution >= 0.6 is 11.6 Å². The van der Waals surface area contributed by atoms with Gasteiger partial charge >= 0.3 is 6.03 Å². The minimum atomic E-state index is -0.267. The van der Waals surface area contributed by atoms with E-state index in [0.29, 0.717) is 11.7 Å². The van der Waals surface area contributed by atoms with Gasteiger partial charge in [-0.15, -0.1) is 5.10 Å². The molecule has 23 heavy (non-hydrogen) atoms. The van der Waals surface area contributed by atoms with Crippen LogP contribution in [0.4, 0.5) is 10.6 Å². The third-order valence-electron chi connectivity index (χ3n) is 4.44. The molecule has 1 atom stereocenters. The highest BCUT2D eigenvalue weighted by molar-refractivity contribution is 6.31. The highest BCUT2D eigenvalue weighted by Crippen LogP contribution is 2.38. The van der Waals surface area contributed by atoms with Crippen molar-refractivity contribution in [3.05, 3.63) is 52.2 Å². The van der Waals surface area contributed by atoms with Crippen molar-refractivity contribution >= 4 is 23.4 Å². The summed E-state index contributed by atoms with van der Waals surface area (Å²) < 4.78 is 0. The number of carbonyl (C=O) groups is 1. The maximum absolute atomic E-state index is 12.2. The second-order valence-electron chi connectivity index (χ2n) is 6.12. The van der Waals surface area contributed by atoms with Crippen LogP contribution in [0, 0.1) is 0 Å². The highest BCUT2D eigenvalue weighted by atomic mass is 35.5. The molecule has 2 amide bonds. The number of hydrogen-bond donors (Lipinski definition) is 2. The third-order valence-corrected chi connectivity index (χ3v) is 4.80. The first kappa shape index (κ1) is 14.5. The summed E-state index contributed by atoms with van der Waals surface area (Å²) in [6.45, 7) is 0. The fraction of sp³-hybridized carbons (Fsp3) is 0.353. The maximum Gasteiger partial charge on any atom is 0.320 e. The Hall–Kier alpha value is -2.14. The smallest absolute Gasteiger partial charge is 0.320 e. The average molecular weight is 329 g/mol. The Morgan fingerprint density at radius 2 is 2.00 bits per heavy atom. The molecule has 1 fully saturated rings. The monoisotopic (exact) mass is 328 g/mol. The van der Waals surface area contributed by atoms with Crippen LogP contribution in [0.25, 0.3) is 0 Å².